The van der Waals surface area contributed by atoms with E-state index in [0.29, 0.717) is 42.3 Å². The van der Waals surface area contributed by atoms with Crippen molar-refractivity contribution in [2.45, 2.75) is 20.0 Å². The van der Waals surface area contributed by atoms with Gasteiger partial charge in [0.15, 0.2) is 0 Å². The summed E-state index contributed by atoms with van der Waals surface area (Å²) in [7, 11) is 0. The van der Waals surface area contributed by atoms with E-state index in [1.165, 1.54) is 0 Å². The van der Waals surface area contributed by atoms with Crippen LogP contribution in [-0.4, -0.2) is 16.6 Å². The molecule has 2 aromatic heterocycles. The quantitative estimate of drug-likeness (QED) is 0.391. The fourth-order valence-corrected chi connectivity index (χ4v) is 4.07. The zero-order valence-electron chi connectivity index (χ0n) is 16.8. The second-order valence-electron chi connectivity index (χ2n) is 7.38. The summed E-state index contributed by atoms with van der Waals surface area (Å²) < 4.78 is 18.8. The first kappa shape index (κ1) is 19.8. The van der Waals surface area contributed by atoms with Crippen molar-refractivity contribution in [3.05, 3.63) is 92.5 Å². The van der Waals surface area contributed by atoms with Crippen LogP contribution in [0, 0.1) is 6.92 Å². The monoisotopic (exact) mass is 478 g/mol. The number of hydrogen-bond acceptors (Lipinski definition) is 6. The third kappa shape index (κ3) is 3.82. The summed E-state index contributed by atoms with van der Waals surface area (Å²) in [5, 5.41) is 0.473. The summed E-state index contributed by atoms with van der Waals surface area (Å²) in [5.41, 5.74) is 2.34. The van der Waals surface area contributed by atoms with Crippen LogP contribution in [0.2, 0.25) is 0 Å². The Balaban J connectivity index is 1.53. The molecule has 5 rings (SSSR count). The van der Waals surface area contributed by atoms with Crippen LogP contribution in [0.15, 0.2) is 74.6 Å². The maximum Gasteiger partial charge on any atom is 0.235 e. The SMILES string of the molecule is Cc1oc2c3c(ccc2c(=O)c1Oc1ccccc1Br)OCN(Cc1ccncc1)C3. The highest BCUT2D eigenvalue weighted by Crippen LogP contribution is 2.35. The first-order valence-corrected chi connectivity index (χ1v) is 10.6. The highest BCUT2D eigenvalue weighted by Gasteiger charge is 2.24. The molecule has 0 unspecified atom stereocenters. The molecule has 31 heavy (non-hydrogen) atoms. The highest BCUT2D eigenvalue weighted by molar-refractivity contribution is 9.10. The lowest BCUT2D eigenvalue weighted by Crippen LogP contribution is -2.31. The van der Waals surface area contributed by atoms with Gasteiger partial charge in [-0.25, -0.2) is 0 Å². The molecule has 0 saturated heterocycles. The number of hydrogen-bond donors (Lipinski definition) is 0. The van der Waals surface area contributed by atoms with Crippen LogP contribution in [-0.2, 0) is 13.1 Å². The Morgan fingerprint density at radius 2 is 1.94 bits per heavy atom. The Labute approximate surface area is 187 Å². The van der Waals surface area contributed by atoms with Crippen LogP contribution in [0.4, 0.5) is 0 Å². The first-order chi connectivity index (χ1) is 15.1. The fraction of sp³-hybridized carbons (Fsp3) is 0.167. The zero-order valence-corrected chi connectivity index (χ0v) is 18.4. The predicted molar refractivity (Wildman–Crippen MR) is 120 cm³/mol. The van der Waals surface area contributed by atoms with E-state index in [1.54, 1.807) is 31.5 Å². The van der Waals surface area contributed by atoms with Gasteiger partial charge in [-0.2, -0.15) is 0 Å². The topological polar surface area (TPSA) is 64.8 Å². The summed E-state index contributed by atoms with van der Waals surface area (Å²) in [5.74, 6) is 1.90. The standard InChI is InChI=1S/C24H19BrN2O4/c1-15-23(31-21-5-3-2-4-19(21)25)22(28)17-6-7-20-18(24(17)30-15)13-27(14-29-20)12-16-8-10-26-11-9-16/h2-11H,12-14H2,1H3. The summed E-state index contributed by atoms with van der Waals surface area (Å²) in [6.07, 6.45) is 3.55. The van der Waals surface area contributed by atoms with Gasteiger partial charge in [0.05, 0.1) is 15.4 Å². The molecular formula is C24H19BrN2O4. The number of benzene rings is 2. The fourth-order valence-electron chi connectivity index (χ4n) is 3.71. The lowest BCUT2D eigenvalue weighted by Gasteiger charge is -2.29. The van der Waals surface area contributed by atoms with Gasteiger partial charge in [-0.05, 0) is 64.8 Å². The van der Waals surface area contributed by atoms with Crippen molar-refractivity contribution in [1.82, 2.24) is 9.88 Å². The minimum atomic E-state index is -0.205. The molecule has 7 heteroatoms. The molecule has 0 N–H and O–H groups in total. The summed E-state index contributed by atoms with van der Waals surface area (Å²) in [4.78, 5) is 19.5. The van der Waals surface area contributed by atoms with Gasteiger partial charge < -0.3 is 13.9 Å². The molecule has 0 fully saturated rings. The Bertz CT molecular complexity index is 1320. The molecular weight excluding hydrogens is 460 g/mol. The molecule has 6 nitrogen and oxygen atoms in total. The number of rotatable bonds is 4. The Hall–Kier alpha value is -3.16. The van der Waals surface area contributed by atoms with E-state index in [2.05, 4.69) is 25.8 Å². The van der Waals surface area contributed by atoms with Crippen LogP contribution >= 0.6 is 15.9 Å². The largest absolute Gasteiger partial charge is 0.478 e. The van der Waals surface area contributed by atoms with Crippen molar-refractivity contribution < 1.29 is 13.9 Å². The predicted octanol–water partition coefficient (Wildman–Crippen LogP) is 5.40. The van der Waals surface area contributed by atoms with Gasteiger partial charge in [0, 0.05) is 25.5 Å². The second kappa shape index (κ2) is 8.17. The molecule has 0 saturated carbocycles. The number of para-hydroxylation sites is 1. The minimum absolute atomic E-state index is 0.185. The van der Waals surface area contributed by atoms with Gasteiger partial charge in [-0.15, -0.1) is 0 Å². The minimum Gasteiger partial charge on any atom is -0.478 e. The van der Waals surface area contributed by atoms with Gasteiger partial charge in [-0.1, -0.05) is 12.1 Å². The van der Waals surface area contributed by atoms with Crippen molar-refractivity contribution in [3.63, 3.8) is 0 Å². The normalized spacial score (nSPS) is 13.6. The van der Waals surface area contributed by atoms with Crippen LogP contribution < -0.4 is 14.9 Å². The number of ether oxygens (including phenoxy) is 2. The molecule has 0 radical (unpaired) electrons. The number of nitrogens with zero attached hydrogens (tertiary/aromatic N) is 2. The van der Waals surface area contributed by atoms with E-state index in [4.69, 9.17) is 13.9 Å². The number of aryl methyl sites for hydroxylation is 1. The van der Waals surface area contributed by atoms with Gasteiger partial charge >= 0.3 is 0 Å². The maximum absolute atomic E-state index is 13.3. The van der Waals surface area contributed by atoms with E-state index in [9.17, 15) is 4.79 Å². The molecule has 0 bridgehead atoms. The summed E-state index contributed by atoms with van der Waals surface area (Å²) in [6.45, 7) is 3.53. The Kier molecular flexibility index (Phi) is 5.21. The molecule has 4 aromatic rings. The van der Waals surface area contributed by atoms with Gasteiger partial charge in [0.25, 0.3) is 0 Å². The number of fused-ring (bicyclic) bond motifs is 3. The van der Waals surface area contributed by atoms with Gasteiger partial charge in [0.1, 0.15) is 29.6 Å². The second-order valence-corrected chi connectivity index (χ2v) is 8.24. The highest BCUT2D eigenvalue weighted by atomic mass is 79.9. The lowest BCUT2D eigenvalue weighted by molar-refractivity contribution is 0.0889. The van der Waals surface area contributed by atoms with E-state index >= 15 is 0 Å². The van der Waals surface area contributed by atoms with Gasteiger partial charge in [0.2, 0.25) is 11.2 Å². The van der Waals surface area contributed by atoms with E-state index in [1.807, 2.05) is 36.4 Å². The number of pyridine rings is 1. The average molecular weight is 479 g/mol. The summed E-state index contributed by atoms with van der Waals surface area (Å²) >= 11 is 3.45. The molecule has 0 amide bonds. The van der Waals surface area contributed by atoms with E-state index in [-0.39, 0.29) is 11.2 Å². The molecule has 0 aliphatic carbocycles. The third-order valence-corrected chi connectivity index (χ3v) is 5.89. The molecule has 3 heterocycles. The lowest BCUT2D eigenvalue weighted by atomic mass is 10.1. The third-order valence-electron chi connectivity index (χ3n) is 5.23. The van der Waals surface area contributed by atoms with E-state index < -0.39 is 0 Å². The molecule has 2 aromatic carbocycles. The molecule has 0 atom stereocenters. The number of halogens is 1. The van der Waals surface area contributed by atoms with Crippen molar-refractivity contribution in [1.29, 1.82) is 0 Å². The Morgan fingerprint density at radius 1 is 1.13 bits per heavy atom. The summed E-state index contributed by atoms with van der Waals surface area (Å²) in [6, 6.07) is 14.9. The van der Waals surface area contributed by atoms with Crippen molar-refractivity contribution in [2.75, 3.05) is 6.73 Å². The van der Waals surface area contributed by atoms with Crippen LogP contribution in [0.25, 0.3) is 11.0 Å². The molecule has 156 valence electrons. The van der Waals surface area contributed by atoms with Crippen molar-refractivity contribution >= 4 is 26.9 Å². The zero-order chi connectivity index (χ0) is 21.4. The molecule has 0 spiro atoms. The number of aromatic nitrogens is 1. The van der Waals surface area contributed by atoms with Crippen LogP contribution in [0.5, 0.6) is 17.2 Å². The smallest absolute Gasteiger partial charge is 0.235 e. The Morgan fingerprint density at radius 3 is 2.74 bits per heavy atom. The van der Waals surface area contributed by atoms with Crippen molar-refractivity contribution in [2.24, 2.45) is 0 Å². The van der Waals surface area contributed by atoms with Crippen LogP contribution in [0.3, 0.4) is 0 Å². The maximum atomic E-state index is 13.3. The van der Waals surface area contributed by atoms with E-state index in [0.717, 1.165) is 21.3 Å². The average Bonchev–Trinajstić information content (AvgIpc) is 2.78. The van der Waals surface area contributed by atoms with Crippen LogP contribution in [0.1, 0.15) is 16.9 Å². The molecule has 1 aliphatic heterocycles. The molecule has 1 aliphatic rings. The van der Waals surface area contributed by atoms with Gasteiger partial charge in [-0.3, -0.25) is 14.7 Å². The first-order valence-electron chi connectivity index (χ1n) is 9.86. The van der Waals surface area contributed by atoms with Crippen molar-refractivity contribution in [3.8, 4) is 17.2 Å².